The van der Waals surface area contributed by atoms with Gasteiger partial charge in [0.25, 0.3) is 0 Å². The smallest absolute Gasteiger partial charge is 0.0983 e. The van der Waals surface area contributed by atoms with Gasteiger partial charge in [-0.25, -0.2) is 0 Å². The molecule has 0 bridgehead atoms. The number of piperidine rings is 1. The maximum atomic E-state index is 4.67. The zero-order valence-corrected chi connectivity index (χ0v) is 15.1. The summed E-state index contributed by atoms with van der Waals surface area (Å²) in [7, 11) is 2.00. The van der Waals surface area contributed by atoms with Crippen LogP contribution in [0.2, 0.25) is 0 Å². The highest BCUT2D eigenvalue weighted by Crippen LogP contribution is 2.39. The first-order valence-electron chi connectivity index (χ1n) is 8.60. The molecule has 1 spiro atoms. The van der Waals surface area contributed by atoms with Crippen molar-refractivity contribution in [2.45, 2.75) is 25.8 Å². The van der Waals surface area contributed by atoms with E-state index in [0.717, 1.165) is 17.8 Å². The Morgan fingerprint density at radius 3 is 2.83 bits per heavy atom. The number of rotatable bonds is 3. The highest BCUT2D eigenvalue weighted by atomic mass is 35.5. The lowest BCUT2D eigenvalue weighted by molar-refractivity contribution is 0.194. The maximum absolute atomic E-state index is 4.67. The minimum Gasteiger partial charge on any atom is -0.317 e. The molecule has 2 fully saturated rings. The van der Waals surface area contributed by atoms with Gasteiger partial charge in [0, 0.05) is 49.9 Å². The van der Waals surface area contributed by atoms with Crippen molar-refractivity contribution in [3.05, 3.63) is 36.3 Å². The molecule has 2 aromatic rings. The predicted molar refractivity (Wildman–Crippen MR) is 98.1 cm³/mol. The number of aryl methyl sites for hydroxylation is 1. The fraction of sp³-hybridized carbons (Fsp3) is 0.556. The normalized spacial score (nSPS) is 20.2. The number of hydrogen-bond acceptors (Lipinski definition) is 4. The SMILES string of the molecule is Cl.Cn1cc(CN2CCC3(CCNCC3)C2)c(-c2cccnc2)n1. The van der Waals surface area contributed by atoms with E-state index in [9.17, 15) is 0 Å². The quantitative estimate of drug-likeness (QED) is 0.926. The van der Waals surface area contributed by atoms with E-state index in [4.69, 9.17) is 0 Å². The van der Waals surface area contributed by atoms with Gasteiger partial charge in [0.2, 0.25) is 0 Å². The number of halogens is 1. The molecule has 0 unspecified atom stereocenters. The van der Waals surface area contributed by atoms with Crippen LogP contribution >= 0.6 is 12.4 Å². The van der Waals surface area contributed by atoms with Crippen molar-refractivity contribution in [2.75, 3.05) is 26.2 Å². The molecule has 2 aromatic heterocycles. The second kappa shape index (κ2) is 7.21. The third-order valence-electron chi connectivity index (χ3n) is 5.42. The lowest BCUT2D eigenvalue weighted by atomic mass is 9.78. The summed E-state index contributed by atoms with van der Waals surface area (Å²) in [6.07, 6.45) is 9.88. The highest BCUT2D eigenvalue weighted by Gasteiger charge is 2.38. The Balaban J connectivity index is 0.00000169. The Kier molecular flexibility index (Phi) is 5.23. The fourth-order valence-corrected chi connectivity index (χ4v) is 4.17. The van der Waals surface area contributed by atoms with Gasteiger partial charge in [-0.1, -0.05) is 0 Å². The van der Waals surface area contributed by atoms with Crippen molar-refractivity contribution in [3.63, 3.8) is 0 Å². The van der Waals surface area contributed by atoms with Crippen LogP contribution in [0.5, 0.6) is 0 Å². The molecule has 0 aliphatic carbocycles. The third-order valence-corrected chi connectivity index (χ3v) is 5.42. The van der Waals surface area contributed by atoms with Gasteiger partial charge in [0.15, 0.2) is 0 Å². The van der Waals surface area contributed by atoms with Gasteiger partial charge < -0.3 is 5.32 Å². The standard InChI is InChI=1S/C18H25N5.ClH/c1-22-12-16(17(21-22)15-3-2-7-20-11-15)13-23-10-6-18(14-23)4-8-19-9-5-18;/h2-3,7,11-12,19H,4-6,8-10,13-14H2,1H3;1H. The van der Waals surface area contributed by atoms with Gasteiger partial charge in [-0.2, -0.15) is 5.10 Å². The second-order valence-corrected chi connectivity index (χ2v) is 7.13. The molecular formula is C18H26ClN5. The zero-order valence-electron chi connectivity index (χ0n) is 14.2. The highest BCUT2D eigenvalue weighted by molar-refractivity contribution is 5.85. The molecule has 6 heteroatoms. The molecule has 0 aromatic carbocycles. The molecule has 24 heavy (non-hydrogen) atoms. The molecule has 0 atom stereocenters. The van der Waals surface area contributed by atoms with Crippen molar-refractivity contribution < 1.29 is 0 Å². The van der Waals surface area contributed by atoms with E-state index in [1.54, 1.807) is 0 Å². The molecule has 4 rings (SSSR count). The Morgan fingerprint density at radius 1 is 1.25 bits per heavy atom. The number of nitrogens with one attached hydrogen (secondary N) is 1. The summed E-state index contributed by atoms with van der Waals surface area (Å²) in [6.45, 7) is 5.80. The van der Waals surface area contributed by atoms with Crippen molar-refractivity contribution in [1.29, 1.82) is 0 Å². The Hall–Kier alpha value is -1.43. The minimum atomic E-state index is 0. The average molecular weight is 348 g/mol. The molecule has 1 N–H and O–H groups in total. The molecule has 0 amide bonds. The van der Waals surface area contributed by atoms with Crippen LogP contribution in [0.3, 0.4) is 0 Å². The van der Waals surface area contributed by atoms with Gasteiger partial charge in [0.05, 0.1) is 5.69 Å². The monoisotopic (exact) mass is 347 g/mol. The van der Waals surface area contributed by atoms with Crippen LogP contribution in [-0.4, -0.2) is 45.8 Å². The molecule has 4 heterocycles. The lowest BCUT2D eigenvalue weighted by Crippen LogP contribution is -2.38. The molecule has 2 aliphatic heterocycles. The van der Waals surface area contributed by atoms with Crippen LogP contribution in [0, 0.1) is 5.41 Å². The first kappa shape index (κ1) is 17.4. The summed E-state index contributed by atoms with van der Waals surface area (Å²) in [5.41, 5.74) is 4.05. The summed E-state index contributed by atoms with van der Waals surface area (Å²) in [6, 6.07) is 4.07. The molecule has 0 radical (unpaired) electrons. The van der Waals surface area contributed by atoms with Crippen LogP contribution in [0.1, 0.15) is 24.8 Å². The minimum absolute atomic E-state index is 0. The largest absolute Gasteiger partial charge is 0.317 e. The Morgan fingerprint density at radius 2 is 2.08 bits per heavy atom. The number of pyridine rings is 1. The number of likely N-dealkylation sites (tertiary alicyclic amines) is 1. The Labute approximate surface area is 149 Å². The predicted octanol–water partition coefficient (Wildman–Crippen LogP) is 2.48. The van der Waals surface area contributed by atoms with E-state index >= 15 is 0 Å². The van der Waals surface area contributed by atoms with E-state index in [0.29, 0.717) is 5.41 Å². The van der Waals surface area contributed by atoms with E-state index < -0.39 is 0 Å². The first-order valence-corrected chi connectivity index (χ1v) is 8.60. The summed E-state index contributed by atoms with van der Waals surface area (Å²) < 4.78 is 1.92. The van der Waals surface area contributed by atoms with E-state index in [1.807, 2.05) is 30.2 Å². The van der Waals surface area contributed by atoms with E-state index in [2.05, 4.69) is 32.6 Å². The van der Waals surface area contributed by atoms with Gasteiger partial charge in [-0.15, -0.1) is 12.4 Å². The number of nitrogens with zero attached hydrogens (tertiary/aromatic N) is 4. The summed E-state index contributed by atoms with van der Waals surface area (Å²) in [5.74, 6) is 0. The molecule has 130 valence electrons. The first-order chi connectivity index (χ1) is 11.2. The fourth-order valence-electron chi connectivity index (χ4n) is 4.17. The summed E-state index contributed by atoms with van der Waals surface area (Å²) >= 11 is 0. The van der Waals surface area contributed by atoms with Crippen molar-refractivity contribution in [1.82, 2.24) is 25.0 Å². The van der Waals surface area contributed by atoms with Gasteiger partial charge in [0.1, 0.15) is 0 Å². The van der Waals surface area contributed by atoms with E-state index in [-0.39, 0.29) is 12.4 Å². The topological polar surface area (TPSA) is 46.0 Å². The zero-order chi connectivity index (χ0) is 15.7. The molecule has 2 aliphatic rings. The van der Waals surface area contributed by atoms with Crippen LogP contribution in [0.15, 0.2) is 30.7 Å². The summed E-state index contributed by atoms with van der Waals surface area (Å²) in [5, 5.41) is 8.16. The van der Waals surface area contributed by atoms with Crippen molar-refractivity contribution >= 4 is 12.4 Å². The molecular weight excluding hydrogens is 322 g/mol. The van der Waals surface area contributed by atoms with E-state index in [1.165, 1.54) is 51.0 Å². The molecule has 2 saturated heterocycles. The maximum Gasteiger partial charge on any atom is 0.0983 e. The van der Waals surface area contributed by atoms with Crippen molar-refractivity contribution in [3.8, 4) is 11.3 Å². The van der Waals surface area contributed by atoms with Gasteiger partial charge in [-0.05, 0) is 56.4 Å². The van der Waals surface area contributed by atoms with Crippen LogP contribution < -0.4 is 5.32 Å². The van der Waals surface area contributed by atoms with Crippen LogP contribution in [0.25, 0.3) is 11.3 Å². The van der Waals surface area contributed by atoms with Crippen LogP contribution in [-0.2, 0) is 13.6 Å². The van der Waals surface area contributed by atoms with Gasteiger partial charge in [-0.3, -0.25) is 14.6 Å². The Bertz CT molecular complexity index is 663. The summed E-state index contributed by atoms with van der Waals surface area (Å²) in [4.78, 5) is 6.86. The number of aromatic nitrogens is 3. The third kappa shape index (κ3) is 3.48. The average Bonchev–Trinajstić information content (AvgIpc) is 3.13. The molecule has 5 nitrogen and oxygen atoms in total. The van der Waals surface area contributed by atoms with Crippen LogP contribution in [0.4, 0.5) is 0 Å². The lowest BCUT2D eigenvalue weighted by Gasteiger charge is -2.33. The van der Waals surface area contributed by atoms with Gasteiger partial charge >= 0.3 is 0 Å². The second-order valence-electron chi connectivity index (χ2n) is 7.13. The molecule has 0 saturated carbocycles. The van der Waals surface area contributed by atoms with Crippen molar-refractivity contribution in [2.24, 2.45) is 12.5 Å². The number of hydrogen-bond donors (Lipinski definition) is 1.